The van der Waals surface area contributed by atoms with Gasteiger partial charge in [-0.25, -0.2) is 4.39 Å². The highest BCUT2D eigenvalue weighted by Gasteiger charge is 2.18. The van der Waals surface area contributed by atoms with Crippen LogP contribution < -0.4 is 10.6 Å². The molecule has 0 saturated carbocycles. The average Bonchev–Trinajstić information content (AvgIpc) is 2.56. The Balaban J connectivity index is 2.22. The Bertz CT molecular complexity index is 719. The molecule has 0 aliphatic heterocycles. The molecule has 6 heteroatoms. The van der Waals surface area contributed by atoms with Crippen LogP contribution in [-0.2, 0) is 4.79 Å². The third kappa shape index (κ3) is 4.63. The Kier molecular flexibility index (Phi) is 6.03. The molecule has 3 N–H and O–H groups in total. The summed E-state index contributed by atoms with van der Waals surface area (Å²) in [5.74, 6) is -1.60. The molecule has 0 fully saturated rings. The number of carbonyl (C=O) groups excluding carboxylic acids is 2. The zero-order valence-corrected chi connectivity index (χ0v) is 13.3. The van der Waals surface area contributed by atoms with E-state index in [1.807, 2.05) is 30.3 Å². The summed E-state index contributed by atoms with van der Waals surface area (Å²) >= 11 is 0. The van der Waals surface area contributed by atoms with Crippen molar-refractivity contribution in [3.8, 4) is 0 Å². The summed E-state index contributed by atoms with van der Waals surface area (Å²) in [7, 11) is 0. The summed E-state index contributed by atoms with van der Waals surface area (Å²) in [5, 5.41) is 14.4. The Morgan fingerprint density at radius 3 is 2.50 bits per heavy atom. The first-order valence-corrected chi connectivity index (χ1v) is 7.55. The molecule has 5 nitrogen and oxygen atoms in total. The van der Waals surface area contributed by atoms with Gasteiger partial charge in [-0.3, -0.25) is 9.59 Å². The summed E-state index contributed by atoms with van der Waals surface area (Å²) in [5.41, 5.74) is 0.992. The van der Waals surface area contributed by atoms with Gasteiger partial charge in [0.2, 0.25) is 5.91 Å². The van der Waals surface area contributed by atoms with Crippen molar-refractivity contribution in [2.75, 3.05) is 11.9 Å². The maximum absolute atomic E-state index is 14.0. The molecule has 2 aromatic rings. The molecule has 126 valence electrons. The maximum atomic E-state index is 14.0. The van der Waals surface area contributed by atoms with E-state index < -0.39 is 17.8 Å². The molecule has 0 aliphatic carbocycles. The molecule has 0 aromatic heterocycles. The van der Waals surface area contributed by atoms with Crippen molar-refractivity contribution in [3.05, 3.63) is 65.5 Å². The number of amides is 2. The number of anilines is 1. The SMILES string of the molecule is CC(=O)Nc1ccc(F)c(C(=O)NC(CCO)c2ccccc2)c1. The number of hydrogen-bond acceptors (Lipinski definition) is 3. The van der Waals surface area contributed by atoms with E-state index in [1.165, 1.54) is 19.1 Å². The zero-order valence-electron chi connectivity index (χ0n) is 13.3. The van der Waals surface area contributed by atoms with Gasteiger partial charge in [-0.05, 0) is 30.2 Å². The molecule has 1 unspecified atom stereocenters. The van der Waals surface area contributed by atoms with Crippen molar-refractivity contribution < 1.29 is 19.1 Å². The summed E-state index contributed by atoms with van der Waals surface area (Å²) in [4.78, 5) is 23.5. The van der Waals surface area contributed by atoms with E-state index in [-0.39, 0.29) is 18.1 Å². The van der Waals surface area contributed by atoms with E-state index in [2.05, 4.69) is 10.6 Å². The van der Waals surface area contributed by atoms with E-state index in [0.29, 0.717) is 12.1 Å². The molecule has 0 radical (unpaired) electrons. The van der Waals surface area contributed by atoms with Gasteiger partial charge in [-0.1, -0.05) is 30.3 Å². The van der Waals surface area contributed by atoms with Gasteiger partial charge in [-0.15, -0.1) is 0 Å². The number of benzene rings is 2. The molecule has 1 atom stereocenters. The molecule has 2 amide bonds. The highest BCUT2D eigenvalue weighted by atomic mass is 19.1. The lowest BCUT2D eigenvalue weighted by Crippen LogP contribution is -2.30. The first-order valence-electron chi connectivity index (χ1n) is 7.55. The van der Waals surface area contributed by atoms with Crippen molar-refractivity contribution in [3.63, 3.8) is 0 Å². The Labute approximate surface area is 139 Å². The van der Waals surface area contributed by atoms with Crippen LogP contribution in [0.25, 0.3) is 0 Å². The third-order valence-corrected chi connectivity index (χ3v) is 3.46. The van der Waals surface area contributed by atoms with Crippen molar-refractivity contribution in [1.29, 1.82) is 0 Å². The quantitative estimate of drug-likeness (QED) is 0.762. The predicted molar refractivity (Wildman–Crippen MR) is 89.1 cm³/mol. The van der Waals surface area contributed by atoms with Crippen LogP contribution in [0.1, 0.15) is 35.3 Å². The number of halogens is 1. The number of carbonyl (C=O) groups is 2. The van der Waals surface area contributed by atoms with Crippen LogP contribution in [0.5, 0.6) is 0 Å². The van der Waals surface area contributed by atoms with E-state index in [1.54, 1.807) is 0 Å². The molecule has 0 aliphatic rings. The molecular weight excluding hydrogens is 311 g/mol. The molecule has 24 heavy (non-hydrogen) atoms. The monoisotopic (exact) mass is 330 g/mol. The van der Waals surface area contributed by atoms with E-state index in [4.69, 9.17) is 0 Å². The van der Waals surface area contributed by atoms with E-state index in [9.17, 15) is 19.1 Å². The minimum atomic E-state index is -0.683. The Hall–Kier alpha value is -2.73. The van der Waals surface area contributed by atoms with Gasteiger partial charge in [0.25, 0.3) is 5.91 Å². The second-order valence-corrected chi connectivity index (χ2v) is 5.32. The minimum Gasteiger partial charge on any atom is -0.396 e. The Morgan fingerprint density at radius 2 is 1.88 bits per heavy atom. The lowest BCUT2D eigenvalue weighted by Gasteiger charge is -2.19. The number of rotatable bonds is 6. The lowest BCUT2D eigenvalue weighted by atomic mass is 10.0. The predicted octanol–water partition coefficient (Wildman–Crippen LogP) is 2.64. The van der Waals surface area contributed by atoms with Crippen LogP contribution in [0.15, 0.2) is 48.5 Å². The molecular formula is C18H19FN2O3. The van der Waals surface area contributed by atoms with Crippen LogP contribution in [0, 0.1) is 5.82 Å². The van der Waals surface area contributed by atoms with Crippen molar-refractivity contribution in [1.82, 2.24) is 5.32 Å². The van der Waals surface area contributed by atoms with Gasteiger partial charge in [0.15, 0.2) is 0 Å². The smallest absolute Gasteiger partial charge is 0.254 e. The van der Waals surface area contributed by atoms with Gasteiger partial charge in [0.1, 0.15) is 5.82 Å². The minimum absolute atomic E-state index is 0.117. The number of aliphatic hydroxyl groups is 1. The molecule has 0 heterocycles. The second kappa shape index (κ2) is 8.21. The fourth-order valence-electron chi connectivity index (χ4n) is 2.35. The molecule has 0 saturated heterocycles. The highest BCUT2D eigenvalue weighted by Crippen LogP contribution is 2.19. The second-order valence-electron chi connectivity index (χ2n) is 5.32. The van der Waals surface area contributed by atoms with Crippen molar-refractivity contribution in [2.24, 2.45) is 0 Å². The average molecular weight is 330 g/mol. The first kappa shape index (κ1) is 17.6. The van der Waals surface area contributed by atoms with Gasteiger partial charge in [0, 0.05) is 19.2 Å². The maximum Gasteiger partial charge on any atom is 0.254 e. The molecule has 2 aromatic carbocycles. The summed E-state index contributed by atoms with van der Waals surface area (Å²) in [6.07, 6.45) is 0.308. The largest absolute Gasteiger partial charge is 0.396 e. The number of nitrogens with one attached hydrogen (secondary N) is 2. The van der Waals surface area contributed by atoms with Gasteiger partial charge in [0.05, 0.1) is 11.6 Å². The highest BCUT2D eigenvalue weighted by molar-refractivity contribution is 5.97. The lowest BCUT2D eigenvalue weighted by molar-refractivity contribution is -0.114. The van der Waals surface area contributed by atoms with Crippen LogP contribution >= 0.6 is 0 Å². The van der Waals surface area contributed by atoms with Crippen LogP contribution in [-0.4, -0.2) is 23.5 Å². The Morgan fingerprint density at radius 1 is 1.17 bits per heavy atom. The fourth-order valence-corrected chi connectivity index (χ4v) is 2.35. The zero-order chi connectivity index (χ0) is 17.5. The topological polar surface area (TPSA) is 78.4 Å². The van der Waals surface area contributed by atoms with Crippen molar-refractivity contribution >= 4 is 17.5 Å². The third-order valence-electron chi connectivity index (χ3n) is 3.46. The molecule has 2 rings (SSSR count). The van der Waals surface area contributed by atoms with Gasteiger partial charge < -0.3 is 15.7 Å². The van der Waals surface area contributed by atoms with Crippen LogP contribution in [0.4, 0.5) is 10.1 Å². The standard InChI is InChI=1S/C18H19FN2O3/c1-12(23)20-14-7-8-16(19)15(11-14)18(24)21-17(9-10-22)13-5-3-2-4-6-13/h2-8,11,17,22H,9-10H2,1H3,(H,20,23)(H,21,24). The van der Waals surface area contributed by atoms with Crippen LogP contribution in [0.2, 0.25) is 0 Å². The molecule has 0 spiro atoms. The fraction of sp³-hybridized carbons (Fsp3) is 0.222. The first-order chi connectivity index (χ1) is 11.5. The van der Waals surface area contributed by atoms with Gasteiger partial charge >= 0.3 is 0 Å². The summed E-state index contributed by atoms with van der Waals surface area (Å²) < 4.78 is 14.0. The van der Waals surface area contributed by atoms with Gasteiger partial charge in [-0.2, -0.15) is 0 Å². The summed E-state index contributed by atoms with van der Waals surface area (Å²) in [6, 6.07) is 12.5. The van der Waals surface area contributed by atoms with Crippen molar-refractivity contribution in [2.45, 2.75) is 19.4 Å². The normalized spacial score (nSPS) is 11.6. The van der Waals surface area contributed by atoms with E-state index >= 15 is 0 Å². The van der Waals surface area contributed by atoms with E-state index in [0.717, 1.165) is 11.6 Å². The number of aliphatic hydroxyl groups excluding tert-OH is 1. The summed E-state index contributed by atoms with van der Waals surface area (Å²) in [6.45, 7) is 1.21. The number of hydrogen-bond donors (Lipinski definition) is 3. The molecule has 0 bridgehead atoms. The van der Waals surface area contributed by atoms with Crippen LogP contribution in [0.3, 0.4) is 0 Å².